The molecule has 1 aromatic heterocycles. The molecule has 0 aliphatic heterocycles. The first kappa shape index (κ1) is 17.7. The Kier molecular flexibility index (Phi) is 4.50. The summed E-state index contributed by atoms with van der Waals surface area (Å²) in [6.07, 6.45) is -4.98. The van der Waals surface area contributed by atoms with Gasteiger partial charge in [0.15, 0.2) is 11.5 Å². The predicted molar refractivity (Wildman–Crippen MR) is 86.8 cm³/mol. The van der Waals surface area contributed by atoms with E-state index in [1.54, 1.807) is 13.0 Å². The average molecular weight is 366 g/mol. The summed E-state index contributed by atoms with van der Waals surface area (Å²) in [4.78, 5) is 12.6. The summed E-state index contributed by atoms with van der Waals surface area (Å²) >= 11 is 0. The smallest absolute Gasteiger partial charge is 0.453 e. The molecule has 0 aliphatic carbocycles. The van der Waals surface area contributed by atoms with Gasteiger partial charge in [-0.2, -0.15) is 13.2 Å². The average Bonchev–Trinajstić information content (AvgIpc) is 2.58. The first-order valence-electron chi connectivity index (χ1n) is 7.58. The van der Waals surface area contributed by atoms with Crippen LogP contribution in [0.4, 0.5) is 13.2 Å². The number of benzene rings is 2. The molecule has 0 amide bonds. The zero-order valence-electron chi connectivity index (χ0n) is 13.5. The lowest BCUT2D eigenvalue weighted by atomic mass is 10.2. The highest BCUT2D eigenvalue weighted by molar-refractivity contribution is 5.79. The van der Waals surface area contributed by atoms with Gasteiger partial charge in [-0.05, 0) is 31.2 Å². The van der Waals surface area contributed by atoms with Crippen molar-refractivity contribution < 1.29 is 32.2 Å². The Bertz CT molecular complexity index is 1010. The summed E-state index contributed by atoms with van der Waals surface area (Å²) in [7, 11) is 0. The molecule has 0 spiro atoms. The fraction of sp³-hybridized carbons (Fsp3) is 0.167. The molecule has 5 nitrogen and oxygen atoms in total. The number of aromatic hydroxyl groups is 1. The van der Waals surface area contributed by atoms with E-state index in [4.69, 9.17) is 13.9 Å². The van der Waals surface area contributed by atoms with Crippen LogP contribution in [0.25, 0.3) is 11.0 Å². The Morgan fingerprint density at radius 2 is 1.81 bits per heavy atom. The molecule has 3 rings (SSSR count). The van der Waals surface area contributed by atoms with Crippen LogP contribution in [-0.2, 0) is 6.18 Å². The summed E-state index contributed by atoms with van der Waals surface area (Å²) < 4.78 is 55.6. The van der Waals surface area contributed by atoms with Gasteiger partial charge >= 0.3 is 6.18 Å². The normalized spacial score (nSPS) is 11.5. The van der Waals surface area contributed by atoms with E-state index in [0.29, 0.717) is 0 Å². The van der Waals surface area contributed by atoms with Crippen molar-refractivity contribution in [3.05, 3.63) is 58.4 Å². The van der Waals surface area contributed by atoms with Gasteiger partial charge in [-0.25, -0.2) is 0 Å². The number of phenolic OH excluding ortho intramolecular Hbond substituents is 1. The summed E-state index contributed by atoms with van der Waals surface area (Å²) in [6, 6.07) is 9.31. The number of halogens is 3. The summed E-state index contributed by atoms with van der Waals surface area (Å²) in [5.41, 5.74) is -1.40. The molecular weight excluding hydrogens is 353 g/mol. The van der Waals surface area contributed by atoms with E-state index in [1.807, 2.05) is 0 Å². The number of alkyl halides is 3. The fourth-order valence-electron chi connectivity index (χ4n) is 2.36. The zero-order chi connectivity index (χ0) is 18.9. The predicted octanol–water partition coefficient (Wildman–Crippen LogP) is 4.71. The van der Waals surface area contributed by atoms with Gasteiger partial charge in [-0.15, -0.1) is 0 Å². The summed E-state index contributed by atoms with van der Waals surface area (Å²) in [5, 5.41) is 9.27. The lowest BCUT2D eigenvalue weighted by molar-refractivity contribution is -0.154. The Morgan fingerprint density at radius 1 is 1.12 bits per heavy atom. The number of hydrogen-bond acceptors (Lipinski definition) is 5. The monoisotopic (exact) mass is 366 g/mol. The van der Waals surface area contributed by atoms with Gasteiger partial charge in [0.1, 0.15) is 11.3 Å². The van der Waals surface area contributed by atoms with E-state index in [1.165, 1.54) is 24.3 Å². The van der Waals surface area contributed by atoms with Crippen LogP contribution in [0.5, 0.6) is 23.0 Å². The van der Waals surface area contributed by atoms with Gasteiger partial charge in [0, 0.05) is 6.07 Å². The third kappa shape index (κ3) is 3.30. The molecule has 0 saturated heterocycles. The molecule has 1 N–H and O–H groups in total. The topological polar surface area (TPSA) is 68.9 Å². The van der Waals surface area contributed by atoms with Crippen LogP contribution in [-0.4, -0.2) is 11.7 Å². The van der Waals surface area contributed by atoms with Crippen LogP contribution < -0.4 is 14.9 Å². The van der Waals surface area contributed by atoms with Crippen molar-refractivity contribution in [2.24, 2.45) is 0 Å². The largest absolute Gasteiger partial charge is 0.508 e. The van der Waals surface area contributed by atoms with Gasteiger partial charge in [0.05, 0.1) is 12.0 Å². The van der Waals surface area contributed by atoms with Gasteiger partial charge in [-0.1, -0.05) is 12.1 Å². The molecule has 26 heavy (non-hydrogen) atoms. The third-order valence-electron chi connectivity index (χ3n) is 3.45. The molecule has 2 aromatic carbocycles. The van der Waals surface area contributed by atoms with Crippen LogP contribution in [0.3, 0.4) is 0 Å². The van der Waals surface area contributed by atoms with Crippen molar-refractivity contribution in [2.45, 2.75) is 13.1 Å². The quantitative estimate of drug-likeness (QED) is 0.724. The minimum absolute atomic E-state index is 0.0507. The second kappa shape index (κ2) is 6.62. The molecular formula is C18H13F3O5. The number of hydrogen-bond donors (Lipinski definition) is 1. The van der Waals surface area contributed by atoms with Crippen LogP contribution >= 0.6 is 0 Å². The third-order valence-corrected chi connectivity index (χ3v) is 3.45. The molecule has 0 fully saturated rings. The number of phenols is 1. The molecule has 0 unspecified atom stereocenters. The highest BCUT2D eigenvalue weighted by atomic mass is 19.4. The zero-order valence-corrected chi connectivity index (χ0v) is 13.5. The molecule has 0 atom stereocenters. The second-order valence-electron chi connectivity index (χ2n) is 5.25. The van der Waals surface area contributed by atoms with E-state index >= 15 is 0 Å². The van der Waals surface area contributed by atoms with Crippen molar-refractivity contribution in [1.29, 1.82) is 0 Å². The van der Waals surface area contributed by atoms with Crippen LogP contribution in [0, 0.1) is 0 Å². The maximum absolute atomic E-state index is 13.4. The standard InChI is InChI=1S/C18H13F3O5/c1-2-24-12-5-3-4-6-13(12)25-16-15(23)11-8-7-10(22)9-14(11)26-17(16)18(19,20)21/h3-9,22H,2H2,1H3. The fourth-order valence-corrected chi connectivity index (χ4v) is 2.36. The Balaban J connectivity index is 2.23. The minimum Gasteiger partial charge on any atom is -0.508 e. The maximum atomic E-state index is 13.4. The Morgan fingerprint density at radius 3 is 2.46 bits per heavy atom. The van der Waals surface area contributed by atoms with E-state index in [2.05, 4.69) is 0 Å². The van der Waals surface area contributed by atoms with Crippen LogP contribution in [0.1, 0.15) is 12.7 Å². The summed E-state index contributed by atoms with van der Waals surface area (Å²) in [6.45, 7) is 1.97. The highest BCUT2D eigenvalue weighted by Gasteiger charge is 2.40. The molecule has 0 radical (unpaired) electrons. The number of fused-ring (bicyclic) bond motifs is 1. The Hall–Kier alpha value is -3.16. The van der Waals surface area contributed by atoms with Gasteiger partial charge in [-0.3, -0.25) is 4.79 Å². The molecule has 3 aromatic rings. The lowest BCUT2D eigenvalue weighted by Crippen LogP contribution is -2.15. The first-order valence-corrected chi connectivity index (χ1v) is 7.58. The van der Waals surface area contributed by atoms with E-state index < -0.39 is 28.7 Å². The lowest BCUT2D eigenvalue weighted by Gasteiger charge is -2.15. The maximum Gasteiger partial charge on any atom is 0.453 e. The number of para-hydroxylation sites is 2. The van der Waals surface area contributed by atoms with Crippen molar-refractivity contribution in [2.75, 3.05) is 6.61 Å². The van der Waals surface area contributed by atoms with E-state index in [-0.39, 0.29) is 29.2 Å². The van der Waals surface area contributed by atoms with Crippen molar-refractivity contribution in [3.8, 4) is 23.0 Å². The number of rotatable bonds is 4. The van der Waals surface area contributed by atoms with E-state index in [0.717, 1.165) is 12.1 Å². The second-order valence-corrected chi connectivity index (χ2v) is 5.25. The van der Waals surface area contributed by atoms with Crippen LogP contribution in [0.2, 0.25) is 0 Å². The van der Waals surface area contributed by atoms with Crippen LogP contribution in [0.15, 0.2) is 51.7 Å². The highest BCUT2D eigenvalue weighted by Crippen LogP contribution is 2.40. The summed E-state index contributed by atoms with van der Waals surface area (Å²) in [5.74, 6) is -2.78. The molecule has 0 bridgehead atoms. The number of ether oxygens (including phenoxy) is 2. The molecule has 0 saturated carbocycles. The van der Waals surface area contributed by atoms with Crippen molar-refractivity contribution in [3.63, 3.8) is 0 Å². The molecule has 8 heteroatoms. The molecule has 136 valence electrons. The van der Waals surface area contributed by atoms with Gasteiger partial charge in [0.25, 0.3) is 5.76 Å². The van der Waals surface area contributed by atoms with Crippen molar-refractivity contribution >= 4 is 11.0 Å². The minimum atomic E-state index is -4.98. The molecule has 1 heterocycles. The van der Waals surface area contributed by atoms with Crippen molar-refractivity contribution in [1.82, 2.24) is 0 Å². The van der Waals surface area contributed by atoms with E-state index in [9.17, 15) is 23.1 Å². The first-order chi connectivity index (χ1) is 12.3. The van der Waals surface area contributed by atoms with Gasteiger partial charge in [0.2, 0.25) is 11.2 Å². The van der Waals surface area contributed by atoms with Gasteiger partial charge < -0.3 is 19.0 Å². The Labute approximate surface area is 145 Å². The SMILES string of the molecule is CCOc1ccccc1Oc1c(C(F)(F)F)oc2cc(O)ccc2c1=O. The molecule has 0 aliphatic rings.